The minimum absolute atomic E-state index is 1.08. The molecular weight excluding hydrogens is 96.1 g/mol. The molecule has 0 nitrogen and oxygen atoms in total. The van der Waals surface area contributed by atoms with Gasteiger partial charge in [-0.1, -0.05) is 26.2 Å². The first kappa shape index (κ1) is 4.84. The lowest BCUT2D eigenvalue weighted by molar-refractivity contribution is 0.362. The lowest BCUT2D eigenvalue weighted by Crippen LogP contribution is -2.04. The predicted molar refractivity (Wildman–Crippen MR) is 34.6 cm³/mol. The Balaban J connectivity index is 1.99. The molecule has 2 fully saturated rings. The van der Waals surface area contributed by atoms with E-state index in [4.69, 9.17) is 0 Å². The number of hydrogen-bond donors (Lipinski definition) is 0. The van der Waals surface area contributed by atoms with E-state index >= 15 is 0 Å². The van der Waals surface area contributed by atoms with Crippen LogP contribution in [0.5, 0.6) is 0 Å². The molecule has 0 radical (unpaired) electrons. The van der Waals surface area contributed by atoms with Crippen molar-refractivity contribution in [2.75, 3.05) is 0 Å². The van der Waals surface area contributed by atoms with E-state index in [9.17, 15) is 0 Å². The maximum atomic E-state index is 2.42. The molecule has 0 heteroatoms. The van der Waals surface area contributed by atoms with Crippen LogP contribution in [0, 0.1) is 17.8 Å². The summed E-state index contributed by atoms with van der Waals surface area (Å²) in [5.41, 5.74) is 0. The highest BCUT2D eigenvalue weighted by atomic mass is 14.5. The third-order valence-electron chi connectivity index (χ3n) is 2.94. The van der Waals surface area contributed by atoms with Crippen LogP contribution in [0.25, 0.3) is 0 Å². The minimum Gasteiger partial charge on any atom is -0.0622 e. The van der Waals surface area contributed by atoms with Gasteiger partial charge < -0.3 is 0 Å². The van der Waals surface area contributed by atoms with Gasteiger partial charge in [0.1, 0.15) is 0 Å². The van der Waals surface area contributed by atoms with Crippen LogP contribution in [0.2, 0.25) is 0 Å². The monoisotopic (exact) mass is 110 g/mol. The molecule has 0 amide bonds. The van der Waals surface area contributed by atoms with Gasteiger partial charge >= 0.3 is 0 Å². The number of fused-ring (bicyclic) bond motifs is 1. The Morgan fingerprint density at radius 1 is 1.25 bits per heavy atom. The fourth-order valence-electron chi connectivity index (χ4n) is 2.22. The second kappa shape index (κ2) is 1.49. The summed E-state index contributed by atoms with van der Waals surface area (Å²) < 4.78 is 0. The lowest BCUT2D eigenvalue weighted by atomic mass is 9.91. The van der Waals surface area contributed by atoms with E-state index in [-0.39, 0.29) is 0 Å². The molecule has 2 aliphatic carbocycles. The van der Waals surface area contributed by atoms with Gasteiger partial charge in [-0.05, 0) is 24.2 Å². The van der Waals surface area contributed by atoms with Gasteiger partial charge in [-0.25, -0.2) is 0 Å². The van der Waals surface area contributed by atoms with Crippen molar-refractivity contribution in [3.63, 3.8) is 0 Å². The Bertz CT molecular complexity index is 96.2. The first-order valence-electron chi connectivity index (χ1n) is 3.88. The predicted octanol–water partition coefficient (Wildman–Crippen LogP) is 2.44. The van der Waals surface area contributed by atoms with Gasteiger partial charge in [-0.15, -0.1) is 0 Å². The minimum atomic E-state index is 1.08. The zero-order chi connectivity index (χ0) is 5.56. The van der Waals surface area contributed by atoms with Gasteiger partial charge in [0.25, 0.3) is 0 Å². The van der Waals surface area contributed by atoms with Gasteiger partial charge in [-0.2, -0.15) is 0 Å². The Kier molecular flexibility index (Phi) is 0.902. The van der Waals surface area contributed by atoms with E-state index in [2.05, 4.69) is 6.92 Å². The third kappa shape index (κ3) is 0.586. The molecule has 0 saturated heterocycles. The van der Waals surface area contributed by atoms with Crippen LogP contribution >= 0.6 is 0 Å². The second-order valence-corrected chi connectivity index (χ2v) is 3.57. The van der Waals surface area contributed by atoms with Crippen molar-refractivity contribution in [3.05, 3.63) is 0 Å². The molecule has 3 atom stereocenters. The molecule has 2 unspecified atom stereocenters. The molecular formula is C8H14. The first-order chi connectivity index (χ1) is 3.88. The molecule has 0 aliphatic heterocycles. The second-order valence-electron chi connectivity index (χ2n) is 3.57. The highest BCUT2D eigenvalue weighted by Crippen LogP contribution is 2.52. The van der Waals surface area contributed by atoms with Crippen molar-refractivity contribution >= 4 is 0 Å². The Morgan fingerprint density at radius 2 is 2.12 bits per heavy atom. The average molecular weight is 110 g/mol. The standard InChI is InChI=1S/C8H14/c1-6-3-2-4-7-5-8(6)7/h6-8H,2-5H2,1H3/t6?,7?,8-/m1/s1. The highest BCUT2D eigenvalue weighted by molar-refractivity contribution is 4.92. The summed E-state index contributed by atoms with van der Waals surface area (Å²) in [5, 5.41) is 0. The van der Waals surface area contributed by atoms with Crippen LogP contribution in [0.3, 0.4) is 0 Å². The van der Waals surface area contributed by atoms with E-state index in [1.165, 1.54) is 24.7 Å². The van der Waals surface area contributed by atoms with Gasteiger partial charge in [0.2, 0.25) is 0 Å². The van der Waals surface area contributed by atoms with Crippen LogP contribution in [-0.4, -0.2) is 0 Å². The maximum Gasteiger partial charge on any atom is -0.0357 e. The summed E-state index contributed by atoms with van der Waals surface area (Å²) in [7, 11) is 0. The maximum absolute atomic E-state index is 2.42. The summed E-state index contributed by atoms with van der Waals surface area (Å²) in [4.78, 5) is 0. The first-order valence-corrected chi connectivity index (χ1v) is 3.88. The van der Waals surface area contributed by atoms with E-state index < -0.39 is 0 Å². The Hall–Kier alpha value is 0. The summed E-state index contributed by atoms with van der Waals surface area (Å²) in [6.07, 6.45) is 6.15. The van der Waals surface area contributed by atoms with Crippen molar-refractivity contribution < 1.29 is 0 Å². The van der Waals surface area contributed by atoms with Crippen molar-refractivity contribution in [2.45, 2.75) is 32.6 Å². The zero-order valence-corrected chi connectivity index (χ0v) is 5.56. The van der Waals surface area contributed by atoms with E-state index in [0.717, 1.165) is 5.92 Å². The van der Waals surface area contributed by atoms with E-state index in [0.29, 0.717) is 0 Å². The fourth-order valence-corrected chi connectivity index (χ4v) is 2.22. The topological polar surface area (TPSA) is 0 Å². The molecule has 0 bridgehead atoms. The van der Waals surface area contributed by atoms with Gasteiger partial charge in [-0.3, -0.25) is 0 Å². The molecule has 0 heterocycles. The molecule has 46 valence electrons. The summed E-state index contributed by atoms with van der Waals surface area (Å²) in [6.45, 7) is 2.42. The summed E-state index contributed by atoms with van der Waals surface area (Å²) in [6, 6.07) is 0. The summed E-state index contributed by atoms with van der Waals surface area (Å²) in [5.74, 6) is 3.43. The normalized spacial score (nSPS) is 52.9. The largest absolute Gasteiger partial charge is 0.0622 e. The van der Waals surface area contributed by atoms with Crippen LogP contribution in [0.1, 0.15) is 32.6 Å². The van der Waals surface area contributed by atoms with E-state index in [1.807, 2.05) is 0 Å². The quantitative estimate of drug-likeness (QED) is 0.449. The molecule has 0 spiro atoms. The van der Waals surface area contributed by atoms with Crippen molar-refractivity contribution in [1.82, 2.24) is 0 Å². The van der Waals surface area contributed by atoms with Crippen LogP contribution < -0.4 is 0 Å². The van der Waals surface area contributed by atoms with Crippen LogP contribution in [0.4, 0.5) is 0 Å². The lowest BCUT2D eigenvalue weighted by Gasteiger charge is -2.15. The molecule has 8 heavy (non-hydrogen) atoms. The SMILES string of the molecule is CC1CCCC2C[C@H]12. The Labute approximate surface area is 51.3 Å². The number of rotatable bonds is 0. The highest BCUT2D eigenvalue weighted by Gasteiger charge is 2.42. The Morgan fingerprint density at radius 3 is 2.75 bits per heavy atom. The smallest absolute Gasteiger partial charge is 0.0357 e. The van der Waals surface area contributed by atoms with Crippen molar-refractivity contribution in [2.24, 2.45) is 17.8 Å². The summed E-state index contributed by atoms with van der Waals surface area (Å²) >= 11 is 0. The number of hydrogen-bond acceptors (Lipinski definition) is 0. The van der Waals surface area contributed by atoms with Crippen LogP contribution in [0.15, 0.2) is 0 Å². The van der Waals surface area contributed by atoms with Crippen molar-refractivity contribution in [3.8, 4) is 0 Å². The van der Waals surface area contributed by atoms with Gasteiger partial charge in [0.15, 0.2) is 0 Å². The van der Waals surface area contributed by atoms with Gasteiger partial charge in [0.05, 0.1) is 0 Å². The van der Waals surface area contributed by atoms with E-state index in [1.54, 1.807) is 12.8 Å². The average Bonchev–Trinajstić information content (AvgIpc) is 2.45. The third-order valence-corrected chi connectivity index (χ3v) is 2.94. The van der Waals surface area contributed by atoms with Gasteiger partial charge in [0, 0.05) is 0 Å². The molecule has 2 saturated carbocycles. The van der Waals surface area contributed by atoms with Crippen molar-refractivity contribution in [1.29, 1.82) is 0 Å². The molecule has 0 aromatic carbocycles. The molecule has 2 rings (SSSR count). The molecule has 2 aliphatic rings. The zero-order valence-electron chi connectivity index (χ0n) is 5.56. The fraction of sp³-hybridized carbons (Fsp3) is 1.00. The van der Waals surface area contributed by atoms with Crippen LogP contribution in [-0.2, 0) is 0 Å². The molecule has 0 N–H and O–H groups in total. The molecule has 0 aromatic heterocycles. The molecule has 0 aromatic rings.